The maximum absolute atomic E-state index is 12.8. The Bertz CT molecular complexity index is 694. The number of hydrogen-bond donors (Lipinski definition) is 1. The lowest BCUT2D eigenvalue weighted by Gasteiger charge is -2.05. The van der Waals surface area contributed by atoms with Crippen molar-refractivity contribution in [2.75, 3.05) is 13.2 Å². The molecule has 0 radical (unpaired) electrons. The first-order chi connectivity index (χ1) is 11.6. The van der Waals surface area contributed by atoms with E-state index in [9.17, 15) is 18.8 Å². The second-order valence-electron chi connectivity index (χ2n) is 4.91. The van der Waals surface area contributed by atoms with Crippen molar-refractivity contribution >= 4 is 17.7 Å². The first-order valence-corrected chi connectivity index (χ1v) is 7.32. The number of amides is 1. The van der Waals surface area contributed by atoms with Gasteiger partial charge in [0.05, 0.1) is 12.9 Å². The minimum Gasteiger partial charge on any atom is -0.464 e. The fourth-order valence-electron chi connectivity index (χ4n) is 1.90. The fraction of sp³-hybridized carbons (Fsp3) is 0.235. The zero-order valence-electron chi connectivity index (χ0n) is 12.8. The van der Waals surface area contributed by atoms with Crippen LogP contribution >= 0.6 is 0 Å². The monoisotopic (exact) mass is 333 g/mol. The topological polar surface area (TPSA) is 85.6 Å². The normalized spacial score (nSPS) is 10.2. The number of ether oxygens (including phenoxy) is 1. The summed E-state index contributed by atoms with van der Waals surface area (Å²) in [6.45, 7) is -0.228. The predicted molar refractivity (Wildman–Crippen MR) is 82.0 cm³/mol. The van der Waals surface area contributed by atoms with Gasteiger partial charge in [0, 0.05) is 12.0 Å². The number of halogens is 1. The molecule has 0 saturated carbocycles. The zero-order chi connectivity index (χ0) is 17.4. The molecule has 0 aliphatic rings. The van der Waals surface area contributed by atoms with E-state index in [2.05, 4.69) is 5.32 Å². The molecule has 1 heterocycles. The van der Waals surface area contributed by atoms with Crippen LogP contribution in [0.2, 0.25) is 0 Å². The van der Waals surface area contributed by atoms with Crippen molar-refractivity contribution in [3.05, 3.63) is 59.8 Å². The second kappa shape index (κ2) is 8.61. The first kappa shape index (κ1) is 17.4. The zero-order valence-corrected chi connectivity index (χ0v) is 12.8. The molecule has 126 valence electrons. The van der Waals surface area contributed by atoms with E-state index in [1.807, 2.05) is 0 Å². The lowest BCUT2D eigenvalue weighted by Crippen LogP contribution is -2.30. The van der Waals surface area contributed by atoms with E-state index in [1.165, 1.54) is 36.6 Å². The Morgan fingerprint density at radius 1 is 1.12 bits per heavy atom. The van der Waals surface area contributed by atoms with Crippen molar-refractivity contribution in [1.82, 2.24) is 5.32 Å². The van der Waals surface area contributed by atoms with Crippen molar-refractivity contribution in [3.63, 3.8) is 0 Å². The average molecular weight is 333 g/mol. The summed E-state index contributed by atoms with van der Waals surface area (Å²) in [6.07, 6.45) is 1.87. The van der Waals surface area contributed by atoms with Crippen LogP contribution in [0.15, 0.2) is 47.1 Å². The molecule has 7 heteroatoms. The number of furan rings is 1. The maximum atomic E-state index is 12.8. The van der Waals surface area contributed by atoms with Gasteiger partial charge in [0.15, 0.2) is 11.5 Å². The predicted octanol–water partition coefficient (Wildman–Crippen LogP) is 2.35. The van der Waals surface area contributed by atoms with Gasteiger partial charge < -0.3 is 14.5 Å². The Morgan fingerprint density at radius 2 is 1.88 bits per heavy atom. The van der Waals surface area contributed by atoms with Gasteiger partial charge in [0.25, 0.3) is 5.91 Å². The Balaban J connectivity index is 1.61. The number of rotatable bonds is 8. The molecule has 0 fully saturated rings. The van der Waals surface area contributed by atoms with Gasteiger partial charge in [-0.2, -0.15) is 0 Å². The number of benzene rings is 1. The number of Topliss-reactive ketones (excluding diaryl/α,β-unsaturated/α-hetero) is 1. The smallest absolute Gasteiger partial charge is 0.325 e. The summed E-state index contributed by atoms with van der Waals surface area (Å²) in [5.74, 6) is -1.57. The van der Waals surface area contributed by atoms with Crippen LogP contribution in [0.4, 0.5) is 4.39 Å². The van der Waals surface area contributed by atoms with E-state index in [1.54, 1.807) is 6.07 Å². The average Bonchev–Trinajstić information content (AvgIpc) is 3.11. The molecular formula is C17H16FNO5. The molecule has 0 atom stereocenters. The summed E-state index contributed by atoms with van der Waals surface area (Å²) >= 11 is 0. The van der Waals surface area contributed by atoms with Gasteiger partial charge in [0.1, 0.15) is 12.4 Å². The summed E-state index contributed by atoms with van der Waals surface area (Å²) < 4.78 is 22.6. The molecule has 2 rings (SSSR count). The molecule has 6 nitrogen and oxygen atoms in total. The number of carbonyl (C=O) groups excluding carboxylic acids is 3. The van der Waals surface area contributed by atoms with Crippen molar-refractivity contribution < 1.29 is 27.9 Å². The molecule has 1 aromatic heterocycles. The lowest BCUT2D eigenvalue weighted by atomic mass is 10.1. The third-order valence-corrected chi connectivity index (χ3v) is 3.12. The summed E-state index contributed by atoms with van der Waals surface area (Å²) in [5.41, 5.74) is 0.411. The van der Waals surface area contributed by atoms with E-state index in [-0.39, 0.29) is 31.1 Å². The van der Waals surface area contributed by atoms with Crippen LogP contribution in [0.25, 0.3) is 0 Å². The van der Waals surface area contributed by atoms with Gasteiger partial charge in [-0.25, -0.2) is 4.39 Å². The van der Waals surface area contributed by atoms with Crippen molar-refractivity contribution in [2.45, 2.75) is 12.8 Å². The molecule has 0 bridgehead atoms. The van der Waals surface area contributed by atoms with E-state index in [4.69, 9.17) is 9.15 Å². The molecule has 0 saturated heterocycles. The molecule has 0 aliphatic heterocycles. The fourth-order valence-corrected chi connectivity index (χ4v) is 1.90. The van der Waals surface area contributed by atoms with Gasteiger partial charge in [-0.3, -0.25) is 14.4 Å². The van der Waals surface area contributed by atoms with Crippen molar-refractivity contribution in [1.29, 1.82) is 0 Å². The summed E-state index contributed by atoms with van der Waals surface area (Å²) in [4.78, 5) is 34.8. The van der Waals surface area contributed by atoms with Gasteiger partial charge in [0.2, 0.25) is 0 Å². The van der Waals surface area contributed by atoms with Gasteiger partial charge >= 0.3 is 5.97 Å². The number of hydrogen-bond acceptors (Lipinski definition) is 5. The first-order valence-electron chi connectivity index (χ1n) is 7.32. The molecule has 2 aromatic rings. The molecule has 0 spiro atoms. The quantitative estimate of drug-likeness (QED) is 0.455. The number of ketones is 1. The van der Waals surface area contributed by atoms with Gasteiger partial charge in [-0.1, -0.05) is 0 Å². The van der Waals surface area contributed by atoms with Gasteiger partial charge in [-0.05, 0) is 42.8 Å². The summed E-state index contributed by atoms with van der Waals surface area (Å²) in [5, 5.41) is 2.36. The summed E-state index contributed by atoms with van der Waals surface area (Å²) in [6, 6.07) is 8.29. The van der Waals surface area contributed by atoms with Crippen molar-refractivity contribution in [2.24, 2.45) is 0 Å². The molecule has 1 N–H and O–H groups in total. The summed E-state index contributed by atoms with van der Waals surface area (Å²) in [7, 11) is 0. The molecule has 24 heavy (non-hydrogen) atoms. The largest absolute Gasteiger partial charge is 0.464 e. The van der Waals surface area contributed by atoms with Crippen LogP contribution in [0.5, 0.6) is 0 Å². The highest BCUT2D eigenvalue weighted by atomic mass is 19.1. The molecule has 1 amide bonds. The number of nitrogens with one attached hydrogen (secondary N) is 1. The standard InChI is InChI=1S/C17H16FNO5/c18-13-7-5-12(6-8-13)14(20)3-1-10-24-16(21)11-19-17(22)15-4-2-9-23-15/h2,4-9H,1,3,10-11H2,(H,19,22). The highest BCUT2D eigenvalue weighted by molar-refractivity contribution is 5.96. The van der Waals surface area contributed by atoms with Crippen LogP contribution < -0.4 is 5.32 Å². The highest BCUT2D eigenvalue weighted by Gasteiger charge is 2.11. The van der Waals surface area contributed by atoms with E-state index >= 15 is 0 Å². The van der Waals surface area contributed by atoms with Gasteiger partial charge in [-0.15, -0.1) is 0 Å². The van der Waals surface area contributed by atoms with Crippen LogP contribution in [-0.4, -0.2) is 30.8 Å². The van der Waals surface area contributed by atoms with E-state index in [0.29, 0.717) is 12.0 Å². The molecular weight excluding hydrogens is 317 g/mol. The third-order valence-electron chi connectivity index (χ3n) is 3.12. The number of carbonyl (C=O) groups is 3. The van der Waals surface area contributed by atoms with Crippen LogP contribution in [0.1, 0.15) is 33.8 Å². The van der Waals surface area contributed by atoms with E-state index < -0.39 is 17.7 Å². The molecule has 0 unspecified atom stereocenters. The van der Waals surface area contributed by atoms with Crippen LogP contribution in [-0.2, 0) is 9.53 Å². The Hall–Kier alpha value is -2.96. The second-order valence-corrected chi connectivity index (χ2v) is 4.91. The minimum atomic E-state index is -0.607. The number of esters is 1. The minimum absolute atomic E-state index is 0.0579. The SMILES string of the molecule is O=C(CNC(=O)c1ccco1)OCCCC(=O)c1ccc(F)cc1. The Kier molecular flexibility index (Phi) is 6.24. The lowest BCUT2D eigenvalue weighted by molar-refractivity contribution is -0.142. The molecule has 1 aromatic carbocycles. The maximum Gasteiger partial charge on any atom is 0.325 e. The molecule has 0 aliphatic carbocycles. The van der Waals surface area contributed by atoms with Crippen molar-refractivity contribution in [3.8, 4) is 0 Å². The van der Waals surface area contributed by atoms with Crippen LogP contribution in [0, 0.1) is 5.82 Å². The Morgan fingerprint density at radius 3 is 2.54 bits per heavy atom. The van der Waals surface area contributed by atoms with Crippen LogP contribution in [0.3, 0.4) is 0 Å². The Labute approximate surface area is 137 Å². The van der Waals surface area contributed by atoms with E-state index in [0.717, 1.165) is 0 Å². The third kappa shape index (κ3) is 5.35. The highest BCUT2D eigenvalue weighted by Crippen LogP contribution is 2.07.